The fraction of sp³-hybridized carbons (Fsp3) is 0.793. The highest BCUT2D eigenvalue weighted by Crippen LogP contribution is 2.34. The first-order valence-corrected chi connectivity index (χ1v) is 58.8. The third kappa shape index (κ3) is 50.2. The van der Waals surface area contributed by atoms with Gasteiger partial charge in [-0.25, -0.2) is 0 Å². The van der Waals surface area contributed by atoms with Gasteiger partial charge in [0.25, 0.3) is 0 Å². The van der Waals surface area contributed by atoms with Gasteiger partial charge in [-0.2, -0.15) is 13.2 Å². The zero-order valence-corrected chi connectivity index (χ0v) is 99.4. The van der Waals surface area contributed by atoms with E-state index >= 15 is 0 Å². The summed E-state index contributed by atoms with van der Waals surface area (Å²) in [6.45, 7) is 65.7. The first-order chi connectivity index (χ1) is 70.8. The molecule has 3 unspecified atom stereocenters. The minimum absolute atomic E-state index is 0.0204. The molecule has 29 heteroatoms. The van der Waals surface area contributed by atoms with Crippen molar-refractivity contribution in [1.82, 2.24) is 69.0 Å². The van der Waals surface area contributed by atoms with Gasteiger partial charge in [0.1, 0.15) is 0 Å². The third-order valence-electron chi connectivity index (χ3n) is 32.1. The number of carbonyl (C=O) groups is 7. The van der Waals surface area contributed by atoms with Gasteiger partial charge in [0.15, 0.2) is 0 Å². The van der Waals surface area contributed by atoms with Crippen molar-refractivity contribution in [1.29, 1.82) is 0 Å². The number of nitrogens with zero attached hydrogens (tertiary/aromatic N) is 13. The number of carbonyl (C=O) groups excluding carboxylic acids is 7. The summed E-state index contributed by atoms with van der Waals surface area (Å²) < 4.78 is 53.5. The van der Waals surface area contributed by atoms with Gasteiger partial charge >= 0.3 is 6.18 Å². The molecule has 0 radical (unpaired) electrons. The number of rotatable bonds is 32. The highest BCUT2D eigenvalue weighted by molar-refractivity contribution is 6.31. The topological polar surface area (TPSA) is 201 Å². The molecule has 150 heavy (non-hydrogen) atoms. The van der Waals surface area contributed by atoms with E-state index < -0.39 is 18.1 Å². The van der Waals surface area contributed by atoms with Crippen molar-refractivity contribution in [2.75, 3.05) is 239 Å². The first kappa shape index (κ1) is 131. The molecule has 3 aromatic rings. The van der Waals surface area contributed by atoms with Crippen molar-refractivity contribution >= 4 is 64.6 Å². The van der Waals surface area contributed by atoms with E-state index in [1.54, 1.807) is 0 Å². The van der Waals surface area contributed by atoms with Crippen LogP contribution in [-0.4, -0.2) is 356 Å². The summed E-state index contributed by atoms with van der Waals surface area (Å²) in [7, 11) is 11.7. The van der Waals surface area contributed by atoms with Crippen LogP contribution in [0.15, 0.2) is 78.9 Å². The van der Waals surface area contributed by atoms with Gasteiger partial charge in [-0.3, -0.25) is 53.2 Å². The monoisotopic (exact) mass is 2140 g/mol. The summed E-state index contributed by atoms with van der Waals surface area (Å²) >= 11 is 12.3. The van der Waals surface area contributed by atoms with Crippen molar-refractivity contribution in [3.63, 3.8) is 0 Å². The summed E-state index contributed by atoms with van der Waals surface area (Å²) in [4.78, 5) is 112. The molecular weight excluding hydrogens is 1940 g/mol. The van der Waals surface area contributed by atoms with Crippen molar-refractivity contribution < 1.29 is 60.9 Å². The smallest absolute Gasteiger partial charge is 0.381 e. The quantitative estimate of drug-likeness (QED) is 0.0618. The average Bonchev–Trinajstić information content (AvgIpc) is 1.03. The Bertz CT molecular complexity index is 4230. The van der Waals surface area contributed by atoms with Crippen molar-refractivity contribution in [2.45, 2.75) is 291 Å². The number of hydrogen-bond acceptors (Lipinski definition) is 17. The van der Waals surface area contributed by atoms with Gasteiger partial charge < -0.3 is 63.6 Å². The standard InChI is InChI=1S/2C19H29ClN2O.C19H30N2O.2C17H32N2O2.C16H30N2O2.C14H25F3N2O/c1-19(2,3)18(23)21(4)13-15-8-10-22(11-9-15)14-16-6-5-7-17(20)12-16;1-19(2,3)18(23)21(4)13-15-9-11-22(12-10-15)14-16-7-5-6-8-17(16)20;1-15(2)19(22)20(4)14-17-10-12-21(13-11-17)16(3)18-8-6-5-7-9-18;1-14(2)17(20)18(3)12-15-4-8-19(9-5-15)13-16-6-10-21-11-7-16;1-14(2)17(20)18(3)12-15-7-9-19(10-8-15)13-16-6-4-5-11-21-16;1-13(2)16(19)17(3)10-14-4-7-18(8-5-14)11-15-6-9-20-12-15;1-13(2,3)12(20)18-7-4-11-5-8-19(9-6-11)10-14(15,16)17/h5-7,12,15H,8-11,13-14H2,1-4H3;5-8,15H,9-14H2,1-4H3;5-9,15-17H,10-14H2,1-4H3;2*14-16H,4-13H2,1-3H3;13-15H,4-12H2,1-3H3;11H,4-10H2,1-3H3,(H,18,20). The summed E-state index contributed by atoms with van der Waals surface area (Å²) in [6, 6.07) is 27.4. The molecule has 24 nitrogen and oxygen atoms in total. The molecule has 1 N–H and O–H groups in total. The summed E-state index contributed by atoms with van der Waals surface area (Å²) in [5, 5.41) is 4.54. The van der Waals surface area contributed by atoms with Crippen molar-refractivity contribution in [3.8, 4) is 0 Å². The average molecular weight is 2150 g/mol. The van der Waals surface area contributed by atoms with E-state index in [0.29, 0.717) is 73.2 Å². The van der Waals surface area contributed by atoms with Gasteiger partial charge in [-0.05, 0) is 322 Å². The molecule has 0 aromatic heterocycles. The Balaban J connectivity index is 0.000000237. The highest BCUT2D eigenvalue weighted by Gasteiger charge is 2.37. The number of amides is 7. The highest BCUT2D eigenvalue weighted by atomic mass is 35.5. The van der Waals surface area contributed by atoms with Crippen LogP contribution < -0.4 is 5.32 Å². The predicted octanol–water partition coefficient (Wildman–Crippen LogP) is 21.0. The molecule has 3 aromatic carbocycles. The molecule has 10 aliphatic heterocycles. The zero-order valence-electron chi connectivity index (χ0n) is 97.9. The third-order valence-corrected chi connectivity index (χ3v) is 32.7. The maximum Gasteiger partial charge on any atom is 0.401 e. The molecule has 10 fully saturated rings. The van der Waals surface area contributed by atoms with Gasteiger partial charge in [-0.15, -0.1) is 0 Å². The van der Waals surface area contributed by atoms with E-state index in [0.717, 1.165) is 211 Å². The predicted molar refractivity (Wildman–Crippen MR) is 608 cm³/mol. The molecule has 0 bridgehead atoms. The van der Waals surface area contributed by atoms with E-state index in [9.17, 15) is 46.7 Å². The van der Waals surface area contributed by atoms with Gasteiger partial charge in [0.2, 0.25) is 41.4 Å². The van der Waals surface area contributed by atoms with E-state index in [1.807, 2.05) is 226 Å². The lowest BCUT2D eigenvalue weighted by Crippen LogP contribution is -2.43. The van der Waals surface area contributed by atoms with Crippen LogP contribution >= 0.6 is 23.2 Å². The van der Waals surface area contributed by atoms with E-state index in [1.165, 1.54) is 151 Å². The lowest BCUT2D eigenvalue weighted by molar-refractivity contribution is -0.149. The molecule has 856 valence electrons. The fourth-order valence-corrected chi connectivity index (χ4v) is 23.1. The Labute approximate surface area is 917 Å². The maximum absolute atomic E-state index is 12.3. The summed E-state index contributed by atoms with van der Waals surface area (Å²) in [6.07, 6.45) is 20.5. The number of nitrogens with one attached hydrogen (secondary N) is 1. The molecule has 0 aliphatic carbocycles. The maximum atomic E-state index is 12.3. The molecule has 3 atom stereocenters. The van der Waals surface area contributed by atoms with Crippen molar-refractivity contribution in [3.05, 3.63) is 106 Å². The van der Waals surface area contributed by atoms with Crippen LogP contribution in [0.2, 0.25) is 10.0 Å². The van der Waals surface area contributed by atoms with Crippen LogP contribution in [0, 0.1) is 93.2 Å². The van der Waals surface area contributed by atoms with Crippen molar-refractivity contribution in [2.24, 2.45) is 93.2 Å². The zero-order chi connectivity index (χ0) is 111. The van der Waals surface area contributed by atoms with Crippen LogP contribution in [0.4, 0.5) is 13.2 Å². The Morgan fingerprint density at radius 3 is 1.12 bits per heavy atom. The van der Waals surface area contributed by atoms with Gasteiger partial charge in [0, 0.05) is 203 Å². The molecule has 10 aliphatic rings. The second kappa shape index (κ2) is 66.6. The Hall–Kier alpha value is -6.08. The normalized spacial score (nSPS) is 20.6. The minimum Gasteiger partial charge on any atom is -0.381 e. The number of alkyl halides is 3. The second-order valence-corrected chi connectivity index (χ2v) is 51.1. The molecule has 13 rings (SSSR count). The Morgan fingerprint density at radius 2 is 0.740 bits per heavy atom. The second-order valence-electron chi connectivity index (χ2n) is 50.2. The largest absolute Gasteiger partial charge is 0.401 e. The molecule has 10 saturated heterocycles. The van der Waals surface area contributed by atoms with E-state index in [2.05, 4.69) is 84.1 Å². The molecule has 0 saturated carbocycles. The SMILES string of the molecule is CC(C)(C)C(=O)NCCC1CCN(CC(F)(F)F)CC1.CC(C)C(=O)N(C)CC1CCN(C(C)c2ccccc2)CC1.CC(C)C(=O)N(C)CC1CCN(CC2CCCCO2)CC1.CC(C)C(=O)N(C)CC1CCN(CC2CCOC2)CC1.CC(C)C(=O)N(C)CC1CCN(CC2CCOCC2)CC1.CN(CC1CCN(Cc2cccc(Cl)c2)CC1)C(=O)C(C)(C)C.CN(CC1CCN(Cc2ccccc2Cl)CC1)C(=O)C(C)(C)C. The number of likely N-dealkylation sites (tertiary alicyclic amines) is 7. The van der Waals surface area contributed by atoms with Gasteiger partial charge in [0.05, 0.1) is 19.3 Å². The Kier molecular flexibility index (Phi) is 58.1. The molecular formula is C121H207Cl2F3N14O10. The Morgan fingerprint density at radius 1 is 0.373 bits per heavy atom. The lowest BCUT2D eigenvalue weighted by atomic mass is 9.92. The van der Waals surface area contributed by atoms with E-state index in [4.69, 9.17) is 37.4 Å². The van der Waals surface area contributed by atoms with Crippen LogP contribution in [0.3, 0.4) is 0 Å². The van der Waals surface area contributed by atoms with Crippen LogP contribution in [0.25, 0.3) is 0 Å². The van der Waals surface area contributed by atoms with Crippen LogP contribution in [0.5, 0.6) is 0 Å². The molecule has 7 amide bonds. The summed E-state index contributed by atoms with van der Waals surface area (Å²) in [5.74, 6) is 7.90. The van der Waals surface area contributed by atoms with Crippen LogP contribution in [-0.2, 0) is 60.9 Å². The van der Waals surface area contributed by atoms with Gasteiger partial charge in [-0.1, -0.05) is 202 Å². The minimum atomic E-state index is -4.10. The molecule has 10 heterocycles. The first-order valence-electron chi connectivity index (χ1n) is 58.0. The summed E-state index contributed by atoms with van der Waals surface area (Å²) in [5.41, 5.74) is 2.90. The number of ether oxygens (including phenoxy) is 3. The fourth-order valence-electron chi connectivity index (χ4n) is 22.7. The number of hydrogen-bond donors (Lipinski definition) is 1. The number of halogens is 5. The number of piperidine rings is 7. The molecule has 0 spiro atoms. The van der Waals surface area contributed by atoms with E-state index in [-0.39, 0.29) is 75.9 Å². The lowest BCUT2D eigenvalue weighted by Gasteiger charge is -2.37. The number of benzene rings is 3. The van der Waals surface area contributed by atoms with Crippen LogP contribution in [0.1, 0.15) is 282 Å².